The second kappa shape index (κ2) is 9.21. The molecule has 1 saturated heterocycles. The molecule has 1 aliphatic rings. The SMILES string of the molecule is CC(C)(C)NC(=O)NC(=O)CN1CCN(S(=O)(=O)c2cc(Br)ccc2Br)CC1. The molecule has 0 saturated carbocycles. The van der Waals surface area contributed by atoms with Crippen molar-refractivity contribution in [2.45, 2.75) is 31.2 Å². The van der Waals surface area contributed by atoms with Gasteiger partial charge in [0.1, 0.15) is 0 Å². The van der Waals surface area contributed by atoms with Crippen LogP contribution in [0.15, 0.2) is 32.0 Å². The first-order valence-corrected chi connectivity index (χ1v) is 11.7. The third kappa shape index (κ3) is 6.51. The predicted molar refractivity (Wildman–Crippen MR) is 113 cm³/mol. The van der Waals surface area contributed by atoms with Crippen molar-refractivity contribution in [3.63, 3.8) is 0 Å². The third-order valence-electron chi connectivity index (χ3n) is 3.95. The van der Waals surface area contributed by atoms with Crippen molar-refractivity contribution >= 4 is 53.8 Å². The number of halogens is 2. The zero-order valence-electron chi connectivity index (χ0n) is 16.0. The quantitative estimate of drug-likeness (QED) is 0.610. The third-order valence-corrected chi connectivity index (χ3v) is 7.34. The monoisotopic (exact) mass is 538 g/mol. The van der Waals surface area contributed by atoms with Crippen molar-refractivity contribution in [3.8, 4) is 0 Å². The second-order valence-electron chi connectivity index (χ2n) is 7.51. The minimum Gasteiger partial charge on any atom is -0.333 e. The summed E-state index contributed by atoms with van der Waals surface area (Å²) < 4.78 is 28.4. The molecule has 1 aromatic carbocycles. The van der Waals surface area contributed by atoms with Gasteiger partial charge in [-0.2, -0.15) is 4.31 Å². The van der Waals surface area contributed by atoms with Crippen LogP contribution in [0.25, 0.3) is 0 Å². The Morgan fingerprint density at radius 2 is 1.71 bits per heavy atom. The van der Waals surface area contributed by atoms with Crippen LogP contribution in [0.5, 0.6) is 0 Å². The molecule has 0 aliphatic carbocycles. The lowest BCUT2D eigenvalue weighted by atomic mass is 10.1. The number of benzene rings is 1. The molecular weight excluding hydrogens is 516 g/mol. The summed E-state index contributed by atoms with van der Waals surface area (Å²) in [4.78, 5) is 25.8. The second-order valence-corrected chi connectivity index (χ2v) is 11.2. The summed E-state index contributed by atoms with van der Waals surface area (Å²) in [6.07, 6.45) is 0. The Morgan fingerprint density at radius 3 is 2.29 bits per heavy atom. The standard InChI is InChI=1S/C17H24Br2N4O4S/c1-17(2,3)21-16(25)20-15(24)11-22-6-8-23(9-7-22)28(26,27)14-10-12(18)4-5-13(14)19/h4-5,10H,6-9,11H2,1-3H3,(H2,20,21,24,25). The number of piperazine rings is 1. The Morgan fingerprint density at radius 1 is 1.11 bits per heavy atom. The first-order valence-electron chi connectivity index (χ1n) is 8.68. The number of hydrogen-bond donors (Lipinski definition) is 2. The van der Waals surface area contributed by atoms with Crippen LogP contribution in [-0.4, -0.2) is 67.8 Å². The zero-order valence-corrected chi connectivity index (χ0v) is 19.9. The average molecular weight is 540 g/mol. The summed E-state index contributed by atoms with van der Waals surface area (Å²) in [5, 5.41) is 4.95. The van der Waals surface area contributed by atoms with Crippen LogP contribution < -0.4 is 10.6 Å². The Kier molecular flexibility index (Phi) is 7.65. The highest BCUT2D eigenvalue weighted by atomic mass is 79.9. The van der Waals surface area contributed by atoms with E-state index in [4.69, 9.17) is 0 Å². The van der Waals surface area contributed by atoms with Gasteiger partial charge in [-0.05, 0) is 54.9 Å². The van der Waals surface area contributed by atoms with E-state index in [1.165, 1.54) is 4.31 Å². The normalized spacial score (nSPS) is 16.6. The van der Waals surface area contributed by atoms with Gasteiger partial charge in [-0.3, -0.25) is 15.0 Å². The molecule has 156 valence electrons. The van der Waals surface area contributed by atoms with E-state index in [0.717, 1.165) is 0 Å². The van der Waals surface area contributed by atoms with Crippen molar-refractivity contribution in [1.82, 2.24) is 19.8 Å². The largest absolute Gasteiger partial charge is 0.333 e. The van der Waals surface area contributed by atoms with Crippen molar-refractivity contribution in [1.29, 1.82) is 0 Å². The molecule has 2 N–H and O–H groups in total. The maximum absolute atomic E-state index is 12.9. The molecule has 1 fully saturated rings. The minimum absolute atomic E-state index is 0.0338. The predicted octanol–water partition coefficient (Wildman–Crippen LogP) is 2.14. The molecule has 0 atom stereocenters. The summed E-state index contributed by atoms with van der Waals surface area (Å²) in [5.74, 6) is -0.423. The van der Waals surface area contributed by atoms with E-state index in [1.54, 1.807) is 18.2 Å². The highest BCUT2D eigenvalue weighted by Crippen LogP contribution is 2.28. The van der Waals surface area contributed by atoms with E-state index in [9.17, 15) is 18.0 Å². The fourth-order valence-electron chi connectivity index (χ4n) is 2.68. The number of nitrogens with one attached hydrogen (secondary N) is 2. The van der Waals surface area contributed by atoms with Gasteiger partial charge in [-0.25, -0.2) is 13.2 Å². The maximum Gasteiger partial charge on any atom is 0.321 e. The van der Waals surface area contributed by atoms with Gasteiger partial charge in [0.15, 0.2) is 0 Å². The van der Waals surface area contributed by atoms with Crippen LogP contribution in [0.2, 0.25) is 0 Å². The van der Waals surface area contributed by atoms with Gasteiger partial charge in [-0.15, -0.1) is 0 Å². The van der Waals surface area contributed by atoms with E-state index < -0.39 is 27.5 Å². The molecule has 0 spiro atoms. The molecule has 11 heteroatoms. The van der Waals surface area contributed by atoms with Crippen LogP contribution in [0, 0.1) is 0 Å². The smallest absolute Gasteiger partial charge is 0.321 e. The summed E-state index contributed by atoms with van der Waals surface area (Å²) >= 11 is 6.59. The number of urea groups is 1. The Balaban J connectivity index is 1.91. The number of imide groups is 1. The molecule has 3 amide bonds. The van der Waals surface area contributed by atoms with Crippen LogP contribution in [-0.2, 0) is 14.8 Å². The van der Waals surface area contributed by atoms with Crippen LogP contribution >= 0.6 is 31.9 Å². The Hall–Kier alpha value is -1.01. The van der Waals surface area contributed by atoms with E-state index in [1.807, 2.05) is 25.7 Å². The maximum atomic E-state index is 12.9. The number of nitrogens with zero attached hydrogens (tertiary/aromatic N) is 2. The van der Waals surface area contributed by atoms with Gasteiger partial charge in [0, 0.05) is 40.7 Å². The number of amides is 3. The van der Waals surface area contributed by atoms with Gasteiger partial charge in [0.25, 0.3) is 0 Å². The topological polar surface area (TPSA) is 98.8 Å². The van der Waals surface area contributed by atoms with E-state index in [2.05, 4.69) is 42.5 Å². The summed E-state index contributed by atoms with van der Waals surface area (Å²) in [6, 6.07) is 4.46. The highest BCUT2D eigenvalue weighted by molar-refractivity contribution is 9.11. The molecule has 28 heavy (non-hydrogen) atoms. The molecule has 0 unspecified atom stereocenters. The highest BCUT2D eigenvalue weighted by Gasteiger charge is 2.30. The molecule has 2 rings (SSSR count). The van der Waals surface area contributed by atoms with Gasteiger partial charge in [0.05, 0.1) is 11.4 Å². The fraction of sp³-hybridized carbons (Fsp3) is 0.529. The van der Waals surface area contributed by atoms with Gasteiger partial charge in [-0.1, -0.05) is 15.9 Å². The average Bonchev–Trinajstić information content (AvgIpc) is 2.55. The fourth-order valence-corrected chi connectivity index (χ4v) is 5.57. The minimum atomic E-state index is -3.64. The molecule has 8 nitrogen and oxygen atoms in total. The van der Waals surface area contributed by atoms with Gasteiger partial charge >= 0.3 is 6.03 Å². The number of hydrogen-bond acceptors (Lipinski definition) is 5. The molecule has 0 aromatic heterocycles. The molecule has 1 aliphatic heterocycles. The number of rotatable bonds is 4. The van der Waals surface area contributed by atoms with Crippen LogP contribution in [0.4, 0.5) is 4.79 Å². The van der Waals surface area contributed by atoms with Crippen molar-refractivity contribution in [3.05, 3.63) is 27.1 Å². The van der Waals surface area contributed by atoms with Gasteiger partial charge in [0.2, 0.25) is 15.9 Å². The van der Waals surface area contributed by atoms with Gasteiger partial charge < -0.3 is 5.32 Å². The molecular formula is C17H24Br2N4O4S. The summed E-state index contributed by atoms with van der Waals surface area (Å²) in [5.41, 5.74) is -0.439. The summed E-state index contributed by atoms with van der Waals surface area (Å²) in [7, 11) is -3.64. The Bertz CT molecular complexity index is 847. The van der Waals surface area contributed by atoms with Crippen LogP contribution in [0.1, 0.15) is 20.8 Å². The van der Waals surface area contributed by atoms with Crippen molar-refractivity contribution in [2.24, 2.45) is 0 Å². The number of carbonyl (C=O) groups is 2. The number of sulfonamides is 1. The van der Waals surface area contributed by atoms with Crippen molar-refractivity contribution in [2.75, 3.05) is 32.7 Å². The zero-order chi connectivity index (χ0) is 21.1. The lowest BCUT2D eigenvalue weighted by molar-refractivity contribution is -0.121. The lowest BCUT2D eigenvalue weighted by Gasteiger charge is -2.33. The molecule has 1 aromatic rings. The van der Waals surface area contributed by atoms with E-state index in [-0.39, 0.29) is 24.5 Å². The number of carbonyl (C=O) groups excluding carboxylic acids is 2. The summed E-state index contributed by atoms with van der Waals surface area (Å²) in [6.45, 7) is 6.83. The molecule has 0 bridgehead atoms. The van der Waals surface area contributed by atoms with E-state index in [0.29, 0.717) is 22.0 Å². The Labute approximate surface area is 182 Å². The first-order chi connectivity index (χ1) is 12.9. The first kappa shape index (κ1) is 23.3. The van der Waals surface area contributed by atoms with Crippen molar-refractivity contribution < 1.29 is 18.0 Å². The van der Waals surface area contributed by atoms with E-state index >= 15 is 0 Å². The molecule has 0 radical (unpaired) electrons. The molecule has 1 heterocycles. The lowest BCUT2D eigenvalue weighted by Crippen LogP contribution is -2.53. The van der Waals surface area contributed by atoms with Crippen LogP contribution in [0.3, 0.4) is 0 Å².